The fraction of sp³-hybridized carbons (Fsp3) is 0.158. The fourth-order valence-electron chi connectivity index (χ4n) is 2.65. The highest BCUT2D eigenvalue weighted by Gasteiger charge is 2.28. The number of carbonyl (C=O) groups excluding carboxylic acids is 1. The predicted molar refractivity (Wildman–Crippen MR) is 97.7 cm³/mol. The Labute approximate surface area is 162 Å². The average molecular weight is 412 g/mol. The Balaban J connectivity index is 1.73. The quantitative estimate of drug-likeness (QED) is 0.527. The van der Waals surface area contributed by atoms with Crippen molar-refractivity contribution < 1.29 is 22.4 Å². The second-order valence-corrected chi connectivity index (χ2v) is 6.21. The third-order valence-corrected chi connectivity index (χ3v) is 4.33. The van der Waals surface area contributed by atoms with Crippen LogP contribution < -0.4 is 5.32 Å². The predicted octanol–water partition coefficient (Wildman–Crippen LogP) is 5.72. The van der Waals surface area contributed by atoms with Crippen LogP contribution in [0.5, 0.6) is 0 Å². The van der Waals surface area contributed by atoms with Gasteiger partial charge in [-0.3, -0.25) is 9.48 Å². The van der Waals surface area contributed by atoms with Gasteiger partial charge in [0.1, 0.15) is 17.9 Å². The van der Waals surface area contributed by atoms with Gasteiger partial charge >= 0.3 is 0 Å². The smallest absolute Gasteiger partial charge is 0.283 e. The third kappa shape index (κ3) is 4.33. The zero-order valence-corrected chi connectivity index (χ0v) is 15.0. The standard InChI is InChI=1S/C19H14ClF4N3O/c20-15-16(18(21)22)26-27(17(15)19(23)24)10-14(28)25-13-8-6-12(7-9-13)11-4-2-1-3-5-11/h1-9,18-19H,10H2,(H,25,28). The maximum atomic E-state index is 13.1. The van der Waals surface area contributed by atoms with E-state index in [1.165, 1.54) is 0 Å². The Hall–Kier alpha value is -2.87. The Morgan fingerprint density at radius 1 is 0.964 bits per heavy atom. The number of hydrogen-bond donors (Lipinski definition) is 1. The first-order valence-electron chi connectivity index (χ1n) is 8.14. The maximum absolute atomic E-state index is 13.1. The molecule has 0 fully saturated rings. The molecule has 9 heteroatoms. The van der Waals surface area contributed by atoms with E-state index in [0.717, 1.165) is 11.1 Å². The molecule has 3 rings (SSSR count). The molecular weight excluding hydrogens is 398 g/mol. The first-order valence-corrected chi connectivity index (χ1v) is 8.52. The van der Waals surface area contributed by atoms with Gasteiger partial charge in [-0.25, -0.2) is 17.6 Å². The highest BCUT2D eigenvalue weighted by atomic mass is 35.5. The molecule has 0 aliphatic carbocycles. The van der Waals surface area contributed by atoms with Crippen LogP contribution in [0.15, 0.2) is 54.6 Å². The summed E-state index contributed by atoms with van der Waals surface area (Å²) in [6.07, 6.45) is -6.27. The van der Waals surface area contributed by atoms with Crippen molar-refractivity contribution in [2.45, 2.75) is 19.4 Å². The molecule has 3 aromatic rings. The zero-order valence-electron chi connectivity index (χ0n) is 14.3. The minimum absolute atomic E-state index is 0.426. The second kappa shape index (κ2) is 8.43. The van der Waals surface area contributed by atoms with Gasteiger partial charge in [0.25, 0.3) is 12.9 Å². The van der Waals surface area contributed by atoms with Gasteiger partial charge in [0.15, 0.2) is 0 Å². The molecule has 0 saturated carbocycles. The number of rotatable bonds is 6. The second-order valence-electron chi connectivity index (χ2n) is 5.84. The van der Waals surface area contributed by atoms with Crippen LogP contribution in [0.25, 0.3) is 11.1 Å². The summed E-state index contributed by atoms with van der Waals surface area (Å²) >= 11 is 5.56. The lowest BCUT2D eigenvalue weighted by Crippen LogP contribution is -2.21. The molecule has 0 saturated heterocycles. The summed E-state index contributed by atoms with van der Waals surface area (Å²) < 4.78 is 52.4. The van der Waals surface area contributed by atoms with E-state index in [0.29, 0.717) is 10.4 Å². The Kier molecular flexibility index (Phi) is 5.99. The van der Waals surface area contributed by atoms with Crippen LogP contribution >= 0.6 is 11.6 Å². The number of benzene rings is 2. The van der Waals surface area contributed by atoms with Crippen molar-refractivity contribution in [2.75, 3.05) is 5.32 Å². The van der Waals surface area contributed by atoms with E-state index in [4.69, 9.17) is 11.6 Å². The van der Waals surface area contributed by atoms with E-state index in [2.05, 4.69) is 10.4 Å². The number of hydrogen-bond acceptors (Lipinski definition) is 2. The van der Waals surface area contributed by atoms with Crippen molar-refractivity contribution >= 4 is 23.2 Å². The Bertz CT molecular complexity index is 959. The molecule has 146 valence electrons. The molecule has 0 unspecified atom stereocenters. The number of halogens is 5. The average Bonchev–Trinajstić information content (AvgIpc) is 2.99. The van der Waals surface area contributed by atoms with Gasteiger partial charge in [-0.15, -0.1) is 0 Å². The van der Waals surface area contributed by atoms with E-state index in [1.807, 2.05) is 30.3 Å². The first kappa shape index (κ1) is 19.9. The van der Waals surface area contributed by atoms with Crippen molar-refractivity contribution in [2.24, 2.45) is 0 Å². The Morgan fingerprint density at radius 2 is 1.57 bits per heavy atom. The van der Waals surface area contributed by atoms with Gasteiger partial charge < -0.3 is 5.32 Å². The molecule has 0 spiro atoms. The molecule has 0 atom stereocenters. The topological polar surface area (TPSA) is 46.9 Å². The molecule has 1 N–H and O–H groups in total. The van der Waals surface area contributed by atoms with E-state index in [9.17, 15) is 22.4 Å². The summed E-state index contributed by atoms with van der Waals surface area (Å²) in [4.78, 5) is 12.2. The molecule has 0 radical (unpaired) electrons. The number of alkyl halides is 4. The van der Waals surface area contributed by atoms with Crippen molar-refractivity contribution in [3.05, 3.63) is 71.0 Å². The summed E-state index contributed by atoms with van der Waals surface area (Å²) in [5.41, 5.74) is 0.464. The zero-order chi connectivity index (χ0) is 20.3. The number of aromatic nitrogens is 2. The molecule has 2 aromatic carbocycles. The summed E-state index contributed by atoms with van der Waals surface area (Å²) in [6.45, 7) is -0.674. The van der Waals surface area contributed by atoms with Gasteiger partial charge in [0.05, 0.1) is 5.02 Å². The third-order valence-electron chi connectivity index (χ3n) is 3.94. The molecule has 0 bridgehead atoms. The van der Waals surface area contributed by atoms with Gasteiger partial charge in [0, 0.05) is 5.69 Å². The van der Waals surface area contributed by atoms with Crippen molar-refractivity contribution in [3.63, 3.8) is 0 Å². The molecular formula is C19H14ClF4N3O. The van der Waals surface area contributed by atoms with Gasteiger partial charge in [-0.1, -0.05) is 54.1 Å². The van der Waals surface area contributed by atoms with Gasteiger partial charge in [-0.2, -0.15) is 5.10 Å². The number of amides is 1. The van der Waals surface area contributed by atoms with E-state index >= 15 is 0 Å². The lowest BCUT2D eigenvalue weighted by Gasteiger charge is -2.09. The van der Waals surface area contributed by atoms with E-state index in [1.54, 1.807) is 24.3 Å². The summed E-state index contributed by atoms with van der Waals surface area (Å²) in [5.74, 6) is -0.700. The maximum Gasteiger partial charge on any atom is 0.283 e. The largest absolute Gasteiger partial charge is 0.324 e. The molecule has 1 aromatic heterocycles. The van der Waals surface area contributed by atoms with Crippen molar-refractivity contribution in [1.29, 1.82) is 0 Å². The van der Waals surface area contributed by atoms with Crippen LogP contribution in [-0.2, 0) is 11.3 Å². The number of carbonyl (C=O) groups is 1. The lowest BCUT2D eigenvalue weighted by molar-refractivity contribution is -0.117. The van der Waals surface area contributed by atoms with Crippen LogP contribution in [0.1, 0.15) is 24.2 Å². The van der Waals surface area contributed by atoms with E-state index < -0.39 is 41.7 Å². The monoisotopic (exact) mass is 411 g/mol. The van der Waals surface area contributed by atoms with Crippen molar-refractivity contribution in [3.8, 4) is 11.1 Å². The van der Waals surface area contributed by atoms with Crippen LogP contribution in [0, 0.1) is 0 Å². The summed E-state index contributed by atoms with van der Waals surface area (Å²) in [5, 5.41) is 5.05. The lowest BCUT2D eigenvalue weighted by atomic mass is 10.1. The van der Waals surface area contributed by atoms with Crippen LogP contribution in [0.4, 0.5) is 23.2 Å². The van der Waals surface area contributed by atoms with E-state index in [-0.39, 0.29) is 0 Å². The number of nitrogens with zero attached hydrogens (tertiary/aromatic N) is 2. The van der Waals surface area contributed by atoms with Gasteiger partial charge in [-0.05, 0) is 23.3 Å². The molecule has 28 heavy (non-hydrogen) atoms. The number of nitrogens with one attached hydrogen (secondary N) is 1. The minimum atomic E-state index is -3.15. The highest BCUT2D eigenvalue weighted by molar-refractivity contribution is 6.32. The van der Waals surface area contributed by atoms with Gasteiger partial charge in [0.2, 0.25) is 5.91 Å². The summed E-state index contributed by atoms with van der Waals surface area (Å²) in [6, 6.07) is 16.4. The van der Waals surface area contributed by atoms with Crippen LogP contribution in [0.3, 0.4) is 0 Å². The molecule has 0 aliphatic heterocycles. The van der Waals surface area contributed by atoms with Crippen LogP contribution in [-0.4, -0.2) is 15.7 Å². The molecule has 0 aliphatic rings. The number of anilines is 1. The van der Waals surface area contributed by atoms with Crippen molar-refractivity contribution in [1.82, 2.24) is 9.78 Å². The Morgan fingerprint density at radius 3 is 2.14 bits per heavy atom. The molecule has 1 heterocycles. The molecule has 4 nitrogen and oxygen atoms in total. The normalized spacial score (nSPS) is 11.2. The SMILES string of the molecule is O=C(Cn1nc(C(F)F)c(Cl)c1C(F)F)Nc1ccc(-c2ccccc2)cc1. The minimum Gasteiger partial charge on any atom is -0.324 e. The highest BCUT2D eigenvalue weighted by Crippen LogP contribution is 2.34. The van der Waals surface area contributed by atoms with Crippen LogP contribution in [0.2, 0.25) is 5.02 Å². The fourth-order valence-corrected chi connectivity index (χ4v) is 2.95. The summed E-state index contributed by atoms with van der Waals surface area (Å²) in [7, 11) is 0. The molecule has 1 amide bonds. The first-order chi connectivity index (χ1) is 13.4.